The summed E-state index contributed by atoms with van der Waals surface area (Å²) in [5, 5.41) is 3.36. The third-order valence-electron chi connectivity index (χ3n) is 4.94. The predicted octanol–water partition coefficient (Wildman–Crippen LogP) is 3.86. The van der Waals surface area contributed by atoms with E-state index in [4.69, 9.17) is 23.9 Å². The molecule has 0 saturated carbocycles. The Morgan fingerprint density at radius 2 is 1.64 bits per heavy atom. The standard InChI is InChI=1S/C25H28N2O6/c1-15(2)13-26-23(28)14-33-25(29)18-12-20(27-19-9-7-6-8-17(18)19)16-10-21(30-3)24(32-5)22(11-16)31-4/h6-12,15H,13-14H2,1-5H3,(H,26,28). The van der Waals surface area contributed by atoms with E-state index in [-0.39, 0.29) is 12.5 Å². The Labute approximate surface area is 192 Å². The van der Waals surface area contributed by atoms with Gasteiger partial charge in [-0.15, -0.1) is 0 Å². The van der Waals surface area contributed by atoms with Gasteiger partial charge in [0.05, 0.1) is 38.1 Å². The summed E-state index contributed by atoms with van der Waals surface area (Å²) in [5.41, 5.74) is 2.10. The fourth-order valence-corrected chi connectivity index (χ4v) is 3.30. The van der Waals surface area contributed by atoms with Gasteiger partial charge >= 0.3 is 5.97 Å². The maximum absolute atomic E-state index is 12.9. The molecule has 2 aromatic carbocycles. The Bertz CT molecular complexity index is 1130. The number of benzene rings is 2. The van der Waals surface area contributed by atoms with Crippen LogP contribution >= 0.6 is 0 Å². The number of hydrogen-bond acceptors (Lipinski definition) is 7. The molecule has 8 nitrogen and oxygen atoms in total. The van der Waals surface area contributed by atoms with Gasteiger partial charge in [0.2, 0.25) is 5.75 Å². The Morgan fingerprint density at radius 1 is 0.970 bits per heavy atom. The number of pyridine rings is 1. The molecule has 0 atom stereocenters. The molecule has 1 amide bonds. The molecule has 1 heterocycles. The lowest BCUT2D eigenvalue weighted by molar-refractivity contribution is -0.124. The van der Waals surface area contributed by atoms with E-state index in [2.05, 4.69) is 5.32 Å². The average molecular weight is 453 g/mol. The molecule has 33 heavy (non-hydrogen) atoms. The van der Waals surface area contributed by atoms with Crippen LogP contribution in [0.1, 0.15) is 24.2 Å². The number of carbonyl (C=O) groups is 2. The summed E-state index contributed by atoms with van der Waals surface area (Å²) in [5.74, 6) is 0.731. The zero-order chi connectivity index (χ0) is 24.0. The van der Waals surface area contributed by atoms with Gasteiger partial charge in [0.15, 0.2) is 18.1 Å². The Morgan fingerprint density at radius 3 is 2.24 bits per heavy atom. The van der Waals surface area contributed by atoms with Crippen LogP contribution in [-0.4, -0.2) is 51.3 Å². The topological polar surface area (TPSA) is 96.0 Å². The first-order valence-corrected chi connectivity index (χ1v) is 10.5. The molecule has 0 saturated heterocycles. The molecule has 0 spiro atoms. The Hall–Kier alpha value is -3.81. The third-order valence-corrected chi connectivity index (χ3v) is 4.94. The summed E-state index contributed by atoms with van der Waals surface area (Å²) < 4.78 is 21.6. The fourth-order valence-electron chi connectivity index (χ4n) is 3.30. The molecule has 174 valence electrons. The molecule has 3 rings (SSSR count). The van der Waals surface area contributed by atoms with Gasteiger partial charge in [0.1, 0.15) is 0 Å². The number of nitrogens with zero attached hydrogens (tertiary/aromatic N) is 1. The normalized spacial score (nSPS) is 10.7. The van der Waals surface area contributed by atoms with Gasteiger partial charge in [-0.2, -0.15) is 0 Å². The number of ether oxygens (including phenoxy) is 4. The minimum atomic E-state index is -0.609. The second-order valence-corrected chi connectivity index (χ2v) is 7.76. The van der Waals surface area contributed by atoms with Crippen LogP contribution in [0.15, 0.2) is 42.5 Å². The van der Waals surface area contributed by atoms with Crippen molar-refractivity contribution in [2.24, 2.45) is 5.92 Å². The van der Waals surface area contributed by atoms with E-state index in [0.717, 1.165) is 0 Å². The van der Waals surface area contributed by atoms with Crippen LogP contribution in [0.5, 0.6) is 17.2 Å². The van der Waals surface area contributed by atoms with E-state index in [1.165, 1.54) is 21.3 Å². The summed E-state index contributed by atoms with van der Waals surface area (Å²) >= 11 is 0. The van der Waals surface area contributed by atoms with Gasteiger partial charge in [0, 0.05) is 17.5 Å². The SMILES string of the molecule is COc1cc(-c2cc(C(=O)OCC(=O)NCC(C)C)c3ccccc3n2)cc(OC)c1OC. The molecular weight excluding hydrogens is 424 g/mol. The minimum Gasteiger partial charge on any atom is -0.493 e. The second kappa shape index (κ2) is 10.7. The zero-order valence-corrected chi connectivity index (χ0v) is 19.4. The second-order valence-electron chi connectivity index (χ2n) is 7.76. The van der Waals surface area contributed by atoms with Crippen molar-refractivity contribution >= 4 is 22.8 Å². The Balaban J connectivity index is 1.99. The predicted molar refractivity (Wildman–Crippen MR) is 125 cm³/mol. The van der Waals surface area contributed by atoms with Crippen molar-refractivity contribution in [2.45, 2.75) is 13.8 Å². The van der Waals surface area contributed by atoms with Crippen LogP contribution in [0.25, 0.3) is 22.2 Å². The van der Waals surface area contributed by atoms with Gasteiger partial charge < -0.3 is 24.3 Å². The molecule has 0 fully saturated rings. The molecule has 1 N–H and O–H groups in total. The maximum Gasteiger partial charge on any atom is 0.339 e. The van der Waals surface area contributed by atoms with Gasteiger partial charge in [-0.25, -0.2) is 9.78 Å². The Kier molecular flexibility index (Phi) is 7.71. The molecular formula is C25H28N2O6. The maximum atomic E-state index is 12.9. The van der Waals surface area contributed by atoms with Crippen molar-refractivity contribution in [1.29, 1.82) is 0 Å². The van der Waals surface area contributed by atoms with Gasteiger partial charge in [0.25, 0.3) is 5.91 Å². The lowest BCUT2D eigenvalue weighted by Gasteiger charge is -2.15. The van der Waals surface area contributed by atoms with Crippen molar-refractivity contribution in [1.82, 2.24) is 10.3 Å². The van der Waals surface area contributed by atoms with E-state index in [1.807, 2.05) is 32.0 Å². The molecule has 0 aliphatic carbocycles. The van der Waals surface area contributed by atoms with Gasteiger partial charge in [-0.1, -0.05) is 32.0 Å². The van der Waals surface area contributed by atoms with E-state index in [1.54, 1.807) is 24.3 Å². The highest BCUT2D eigenvalue weighted by molar-refractivity contribution is 6.05. The van der Waals surface area contributed by atoms with Crippen molar-refractivity contribution < 1.29 is 28.5 Å². The summed E-state index contributed by atoms with van der Waals surface area (Å²) in [7, 11) is 4.59. The fraction of sp³-hybridized carbons (Fsp3) is 0.320. The highest BCUT2D eigenvalue weighted by atomic mass is 16.5. The highest BCUT2D eigenvalue weighted by Gasteiger charge is 2.19. The van der Waals surface area contributed by atoms with E-state index >= 15 is 0 Å². The lowest BCUT2D eigenvalue weighted by Crippen LogP contribution is -2.31. The van der Waals surface area contributed by atoms with Crippen LogP contribution in [0.4, 0.5) is 0 Å². The first-order chi connectivity index (χ1) is 15.9. The molecule has 0 bridgehead atoms. The molecule has 0 radical (unpaired) electrons. The molecule has 0 aliphatic heterocycles. The van der Waals surface area contributed by atoms with Crippen LogP contribution in [0.3, 0.4) is 0 Å². The number of methoxy groups -OCH3 is 3. The van der Waals surface area contributed by atoms with Crippen molar-refractivity contribution in [3.63, 3.8) is 0 Å². The van der Waals surface area contributed by atoms with Crippen molar-refractivity contribution in [3.8, 4) is 28.5 Å². The smallest absolute Gasteiger partial charge is 0.339 e. The monoisotopic (exact) mass is 452 g/mol. The number of hydrogen-bond donors (Lipinski definition) is 1. The van der Waals surface area contributed by atoms with Crippen LogP contribution in [0, 0.1) is 5.92 Å². The quantitative estimate of drug-likeness (QED) is 0.493. The number of carbonyl (C=O) groups excluding carboxylic acids is 2. The summed E-state index contributed by atoms with van der Waals surface area (Å²) in [6.07, 6.45) is 0. The van der Waals surface area contributed by atoms with Gasteiger partial charge in [-0.05, 0) is 30.2 Å². The minimum absolute atomic E-state index is 0.301. The summed E-state index contributed by atoms with van der Waals surface area (Å²) in [4.78, 5) is 29.6. The van der Waals surface area contributed by atoms with Crippen LogP contribution in [-0.2, 0) is 9.53 Å². The third kappa shape index (κ3) is 5.52. The molecule has 3 aromatic rings. The first-order valence-electron chi connectivity index (χ1n) is 10.5. The number of nitrogens with one attached hydrogen (secondary N) is 1. The van der Waals surface area contributed by atoms with E-state index < -0.39 is 5.97 Å². The lowest BCUT2D eigenvalue weighted by atomic mass is 10.0. The van der Waals surface area contributed by atoms with Crippen molar-refractivity contribution in [3.05, 3.63) is 48.0 Å². The number of rotatable bonds is 9. The van der Waals surface area contributed by atoms with E-state index in [9.17, 15) is 9.59 Å². The van der Waals surface area contributed by atoms with Crippen molar-refractivity contribution in [2.75, 3.05) is 34.5 Å². The first kappa shape index (κ1) is 23.8. The highest BCUT2D eigenvalue weighted by Crippen LogP contribution is 2.41. The molecule has 0 unspecified atom stereocenters. The zero-order valence-electron chi connectivity index (χ0n) is 19.4. The largest absolute Gasteiger partial charge is 0.493 e. The molecule has 1 aromatic heterocycles. The number of para-hydroxylation sites is 1. The number of amides is 1. The summed E-state index contributed by atoms with van der Waals surface area (Å²) in [6, 6.07) is 12.4. The number of aromatic nitrogens is 1. The average Bonchev–Trinajstić information content (AvgIpc) is 2.84. The van der Waals surface area contributed by atoms with Gasteiger partial charge in [-0.3, -0.25) is 4.79 Å². The molecule has 0 aliphatic rings. The van der Waals surface area contributed by atoms with Crippen LogP contribution < -0.4 is 19.5 Å². The summed E-state index contributed by atoms with van der Waals surface area (Å²) in [6.45, 7) is 4.13. The number of fused-ring (bicyclic) bond motifs is 1. The number of esters is 1. The molecule has 8 heteroatoms. The van der Waals surface area contributed by atoms with Crippen LogP contribution in [0.2, 0.25) is 0 Å². The van der Waals surface area contributed by atoms with E-state index in [0.29, 0.717) is 57.4 Å².